The lowest BCUT2D eigenvalue weighted by Crippen LogP contribution is -3.13. The minimum Gasteiger partial charge on any atom is -0.573 e. The van der Waals surface area contributed by atoms with Crippen molar-refractivity contribution < 1.29 is 18.1 Å². The Bertz CT molecular complexity index is 1290. The SMILES string of the molecule is Cc1ccc([N-]S(=O)(=O)c2ccc(Cl)c(C(=O)N3CC[NH+](Cc4ccccc4)CC3)c2)cc1C. The van der Waals surface area contributed by atoms with Gasteiger partial charge in [0.25, 0.3) is 5.91 Å². The number of carbonyl (C=O) groups is 1. The summed E-state index contributed by atoms with van der Waals surface area (Å²) in [5.41, 5.74) is 3.82. The van der Waals surface area contributed by atoms with Crippen LogP contribution in [-0.2, 0) is 16.6 Å². The van der Waals surface area contributed by atoms with Crippen molar-refractivity contribution in [2.75, 3.05) is 26.2 Å². The highest BCUT2D eigenvalue weighted by atomic mass is 35.5. The maximum Gasteiger partial charge on any atom is 0.255 e. The molecule has 3 aromatic carbocycles. The molecule has 0 aliphatic carbocycles. The van der Waals surface area contributed by atoms with Crippen LogP contribution in [0.1, 0.15) is 27.0 Å². The summed E-state index contributed by atoms with van der Waals surface area (Å²) < 4.78 is 29.8. The minimum atomic E-state index is -4.00. The van der Waals surface area contributed by atoms with E-state index in [-0.39, 0.29) is 21.4 Å². The molecule has 34 heavy (non-hydrogen) atoms. The second kappa shape index (κ2) is 10.2. The number of carbonyl (C=O) groups excluding carboxylic acids is 1. The summed E-state index contributed by atoms with van der Waals surface area (Å²) in [6.45, 7) is 7.58. The van der Waals surface area contributed by atoms with Crippen LogP contribution >= 0.6 is 11.6 Å². The Morgan fingerprint density at radius 3 is 2.35 bits per heavy atom. The average molecular weight is 498 g/mol. The number of benzene rings is 3. The number of halogens is 1. The van der Waals surface area contributed by atoms with Gasteiger partial charge in [0.1, 0.15) is 16.6 Å². The van der Waals surface area contributed by atoms with E-state index in [9.17, 15) is 13.2 Å². The monoisotopic (exact) mass is 497 g/mol. The summed E-state index contributed by atoms with van der Waals surface area (Å²) >= 11 is 6.32. The molecule has 0 bridgehead atoms. The molecule has 1 amide bonds. The molecule has 178 valence electrons. The van der Waals surface area contributed by atoms with Crippen LogP contribution in [0.4, 0.5) is 5.69 Å². The molecule has 0 unspecified atom stereocenters. The van der Waals surface area contributed by atoms with Crippen molar-refractivity contribution in [2.24, 2.45) is 0 Å². The zero-order valence-electron chi connectivity index (χ0n) is 19.3. The van der Waals surface area contributed by atoms with Crippen LogP contribution in [0.25, 0.3) is 4.72 Å². The predicted molar refractivity (Wildman–Crippen MR) is 134 cm³/mol. The molecule has 4 rings (SSSR count). The number of quaternary nitrogens is 1. The molecule has 0 spiro atoms. The molecule has 1 aliphatic heterocycles. The molecule has 8 heteroatoms. The van der Waals surface area contributed by atoms with E-state index >= 15 is 0 Å². The van der Waals surface area contributed by atoms with E-state index in [2.05, 4.69) is 16.9 Å². The number of nitrogens with one attached hydrogen (secondary N) is 1. The van der Waals surface area contributed by atoms with Crippen molar-refractivity contribution in [2.45, 2.75) is 25.3 Å². The van der Waals surface area contributed by atoms with Gasteiger partial charge in [-0.3, -0.25) is 4.79 Å². The third-order valence-electron chi connectivity index (χ3n) is 6.24. The zero-order valence-corrected chi connectivity index (χ0v) is 20.9. The molecule has 1 N–H and O–H groups in total. The Morgan fingerprint density at radius 2 is 1.68 bits per heavy atom. The van der Waals surface area contributed by atoms with Gasteiger partial charge in [-0.25, -0.2) is 8.42 Å². The topological polar surface area (TPSA) is 73.0 Å². The van der Waals surface area contributed by atoms with E-state index in [0.717, 1.165) is 30.8 Å². The fourth-order valence-corrected chi connectivity index (χ4v) is 5.26. The highest BCUT2D eigenvalue weighted by Crippen LogP contribution is 2.31. The Labute approximate surface area is 206 Å². The first kappa shape index (κ1) is 24.3. The van der Waals surface area contributed by atoms with Gasteiger partial charge in [0.2, 0.25) is 0 Å². The fraction of sp³-hybridized carbons (Fsp3) is 0.269. The average Bonchev–Trinajstić information content (AvgIpc) is 2.82. The van der Waals surface area contributed by atoms with E-state index in [4.69, 9.17) is 11.6 Å². The highest BCUT2D eigenvalue weighted by Gasteiger charge is 2.26. The van der Waals surface area contributed by atoms with E-state index in [1.54, 1.807) is 17.0 Å². The molecule has 1 heterocycles. The molecule has 1 fully saturated rings. The number of hydrogen-bond acceptors (Lipinski definition) is 3. The summed E-state index contributed by atoms with van der Waals surface area (Å²) in [5.74, 6) is -0.257. The zero-order chi connectivity index (χ0) is 24.3. The number of hydrogen-bond donors (Lipinski definition) is 1. The molecule has 1 aliphatic rings. The van der Waals surface area contributed by atoms with Crippen molar-refractivity contribution in [3.63, 3.8) is 0 Å². The van der Waals surface area contributed by atoms with Crippen LogP contribution in [0.3, 0.4) is 0 Å². The molecular formula is C26H28ClN3O3S. The van der Waals surface area contributed by atoms with Crippen LogP contribution in [0.5, 0.6) is 0 Å². The van der Waals surface area contributed by atoms with Gasteiger partial charge in [-0.05, 0) is 43.2 Å². The largest absolute Gasteiger partial charge is 0.573 e. The van der Waals surface area contributed by atoms with Gasteiger partial charge in [-0.15, -0.1) is 5.69 Å². The van der Waals surface area contributed by atoms with Gasteiger partial charge in [0.15, 0.2) is 0 Å². The van der Waals surface area contributed by atoms with Crippen LogP contribution in [0, 0.1) is 13.8 Å². The third kappa shape index (κ3) is 5.60. The molecule has 0 aromatic heterocycles. The molecule has 6 nitrogen and oxygen atoms in total. The molecule has 0 atom stereocenters. The van der Waals surface area contributed by atoms with Crippen LogP contribution in [-0.4, -0.2) is 45.4 Å². The smallest absolute Gasteiger partial charge is 0.255 e. The van der Waals surface area contributed by atoms with Crippen molar-refractivity contribution in [3.8, 4) is 0 Å². The fourth-order valence-electron chi connectivity index (χ4n) is 4.06. The first-order valence-electron chi connectivity index (χ1n) is 11.2. The van der Waals surface area contributed by atoms with Gasteiger partial charge in [-0.1, -0.05) is 60.1 Å². The Balaban J connectivity index is 1.46. The summed E-state index contributed by atoms with van der Waals surface area (Å²) in [5, 5.41) is 0.231. The maximum atomic E-state index is 13.2. The van der Waals surface area contributed by atoms with E-state index in [1.807, 2.05) is 38.1 Å². The lowest BCUT2D eigenvalue weighted by molar-refractivity contribution is -0.917. The Hall–Kier alpha value is -2.87. The molecule has 0 saturated carbocycles. The second-order valence-corrected chi connectivity index (χ2v) is 10.7. The summed E-state index contributed by atoms with van der Waals surface area (Å²) in [7, 11) is -4.00. The summed E-state index contributed by atoms with van der Waals surface area (Å²) in [4.78, 5) is 16.3. The maximum absolute atomic E-state index is 13.2. The van der Waals surface area contributed by atoms with E-state index in [1.165, 1.54) is 28.7 Å². The molecule has 0 radical (unpaired) electrons. The Morgan fingerprint density at radius 1 is 0.971 bits per heavy atom. The van der Waals surface area contributed by atoms with Gasteiger partial charge >= 0.3 is 0 Å². The summed E-state index contributed by atoms with van der Waals surface area (Å²) in [6.07, 6.45) is 0. The lowest BCUT2D eigenvalue weighted by atomic mass is 10.1. The third-order valence-corrected chi connectivity index (χ3v) is 7.87. The van der Waals surface area contributed by atoms with Crippen LogP contribution in [0.15, 0.2) is 71.6 Å². The van der Waals surface area contributed by atoms with E-state index < -0.39 is 10.0 Å². The second-order valence-electron chi connectivity index (χ2n) is 8.68. The normalized spacial score (nSPS) is 14.7. The number of amides is 1. The number of sulfonamides is 1. The van der Waals surface area contributed by atoms with Crippen molar-refractivity contribution in [3.05, 3.63) is 98.7 Å². The van der Waals surface area contributed by atoms with Crippen LogP contribution in [0.2, 0.25) is 5.02 Å². The lowest BCUT2D eigenvalue weighted by Gasteiger charge is -2.32. The first-order valence-corrected chi connectivity index (χ1v) is 13.1. The highest BCUT2D eigenvalue weighted by molar-refractivity contribution is 7.94. The summed E-state index contributed by atoms with van der Waals surface area (Å²) in [6, 6.07) is 19.7. The minimum absolute atomic E-state index is 0.0492. The van der Waals surface area contributed by atoms with E-state index in [0.29, 0.717) is 18.8 Å². The number of nitrogens with zero attached hydrogens (tertiary/aromatic N) is 2. The predicted octanol–water partition coefficient (Wildman–Crippen LogP) is 3.89. The number of rotatable bonds is 6. The van der Waals surface area contributed by atoms with Gasteiger partial charge in [0.05, 0.1) is 41.7 Å². The van der Waals surface area contributed by atoms with Gasteiger partial charge < -0.3 is 14.5 Å². The Kier molecular flexibility index (Phi) is 7.26. The van der Waals surface area contributed by atoms with Crippen molar-refractivity contribution in [1.29, 1.82) is 0 Å². The van der Waals surface area contributed by atoms with Crippen LogP contribution < -0.4 is 4.90 Å². The quantitative estimate of drug-likeness (QED) is 0.561. The number of aryl methyl sites for hydroxylation is 2. The number of piperazine rings is 1. The standard InChI is InChI=1S/C26H27ClN3O3S/c1-19-8-9-22(16-20(19)2)28-34(32,33)23-10-11-25(27)24(17-23)26(31)30-14-12-29(13-15-30)18-21-6-4-3-5-7-21/h3-11,16-17H,12-15,18H2,1-2H3/q-1/p+1. The first-order chi connectivity index (χ1) is 16.2. The molecule has 3 aromatic rings. The molecule has 1 saturated heterocycles. The van der Waals surface area contributed by atoms with Crippen molar-refractivity contribution >= 4 is 33.2 Å². The van der Waals surface area contributed by atoms with Gasteiger partial charge in [-0.2, -0.15) is 0 Å². The molecular weight excluding hydrogens is 470 g/mol. The van der Waals surface area contributed by atoms with Crippen molar-refractivity contribution in [1.82, 2.24) is 4.90 Å². The van der Waals surface area contributed by atoms with Gasteiger partial charge in [0, 0.05) is 5.56 Å².